The second kappa shape index (κ2) is 9.14. The summed E-state index contributed by atoms with van der Waals surface area (Å²) in [6.07, 6.45) is 0.567. The van der Waals surface area contributed by atoms with Gasteiger partial charge in [0, 0.05) is 11.6 Å². The van der Waals surface area contributed by atoms with Crippen LogP contribution in [0.1, 0.15) is 21.5 Å². The number of rotatable bonds is 5. The molecule has 0 aliphatic carbocycles. The van der Waals surface area contributed by atoms with Crippen LogP contribution in [0.25, 0.3) is 22.2 Å². The van der Waals surface area contributed by atoms with Crippen molar-refractivity contribution in [1.82, 2.24) is 14.5 Å². The van der Waals surface area contributed by atoms with Gasteiger partial charge in [-0.2, -0.15) is 5.26 Å². The SMILES string of the molecule is N#Cc1c(NC(=O)c2ccccc2Cl)n(CCc2ccccc2Cl)c2nc3ccccc3nc12. The molecule has 0 spiro atoms. The molecule has 5 rings (SSSR count). The minimum absolute atomic E-state index is 0.243. The van der Waals surface area contributed by atoms with Crippen LogP contribution in [-0.4, -0.2) is 20.4 Å². The van der Waals surface area contributed by atoms with Gasteiger partial charge in [0.1, 0.15) is 23.0 Å². The Morgan fingerprint density at radius 1 is 0.912 bits per heavy atom. The molecule has 2 heterocycles. The number of hydrogen-bond acceptors (Lipinski definition) is 4. The smallest absolute Gasteiger partial charge is 0.258 e. The Labute approximate surface area is 205 Å². The van der Waals surface area contributed by atoms with Crippen LogP contribution in [0, 0.1) is 11.3 Å². The predicted octanol–water partition coefficient (Wildman–Crippen LogP) is 6.26. The van der Waals surface area contributed by atoms with Gasteiger partial charge in [0.15, 0.2) is 5.65 Å². The average Bonchev–Trinajstić information content (AvgIpc) is 3.13. The van der Waals surface area contributed by atoms with E-state index in [0.717, 1.165) is 5.56 Å². The fourth-order valence-corrected chi connectivity index (χ4v) is 4.36. The lowest BCUT2D eigenvalue weighted by Gasteiger charge is -2.13. The molecular weight excluding hydrogens is 469 g/mol. The van der Waals surface area contributed by atoms with Crippen molar-refractivity contribution in [3.8, 4) is 6.07 Å². The molecular formula is C26H17Cl2N5O. The molecule has 0 fully saturated rings. The number of benzene rings is 3. The molecule has 3 aromatic carbocycles. The van der Waals surface area contributed by atoms with E-state index < -0.39 is 5.91 Å². The fraction of sp³-hybridized carbons (Fsp3) is 0.0769. The Kier molecular flexibility index (Phi) is 5.89. The molecule has 1 amide bonds. The zero-order valence-corrected chi connectivity index (χ0v) is 19.3. The number of para-hydroxylation sites is 2. The highest BCUT2D eigenvalue weighted by Crippen LogP contribution is 2.31. The molecule has 8 heteroatoms. The zero-order chi connectivity index (χ0) is 23.7. The highest BCUT2D eigenvalue weighted by Gasteiger charge is 2.23. The van der Waals surface area contributed by atoms with E-state index in [1.165, 1.54) is 0 Å². The van der Waals surface area contributed by atoms with Gasteiger partial charge in [-0.25, -0.2) is 9.97 Å². The summed E-state index contributed by atoms with van der Waals surface area (Å²) in [6.45, 7) is 0.424. The highest BCUT2D eigenvalue weighted by molar-refractivity contribution is 6.34. The maximum Gasteiger partial charge on any atom is 0.258 e. The number of hydrogen-bond donors (Lipinski definition) is 1. The number of nitrogens with one attached hydrogen (secondary N) is 1. The van der Waals surface area contributed by atoms with Crippen molar-refractivity contribution in [1.29, 1.82) is 5.26 Å². The largest absolute Gasteiger partial charge is 0.309 e. The Morgan fingerprint density at radius 3 is 2.26 bits per heavy atom. The molecule has 1 N–H and O–H groups in total. The number of carbonyl (C=O) groups excluding carboxylic acids is 1. The van der Waals surface area contributed by atoms with Gasteiger partial charge in [0.05, 0.1) is 21.6 Å². The van der Waals surface area contributed by atoms with Gasteiger partial charge < -0.3 is 9.88 Å². The summed E-state index contributed by atoms with van der Waals surface area (Å²) in [5.41, 5.74) is 3.79. The van der Waals surface area contributed by atoms with E-state index in [9.17, 15) is 10.1 Å². The van der Waals surface area contributed by atoms with Crippen molar-refractivity contribution in [3.05, 3.63) is 99.5 Å². The third-order valence-corrected chi connectivity index (χ3v) is 6.27. The molecule has 5 aromatic rings. The first kappa shape index (κ1) is 21.9. The zero-order valence-electron chi connectivity index (χ0n) is 17.8. The number of anilines is 1. The maximum absolute atomic E-state index is 13.1. The molecule has 2 aromatic heterocycles. The fourth-order valence-electron chi connectivity index (χ4n) is 3.91. The second-order valence-electron chi connectivity index (χ2n) is 7.65. The third-order valence-electron chi connectivity index (χ3n) is 5.58. The summed E-state index contributed by atoms with van der Waals surface area (Å²) >= 11 is 12.6. The lowest BCUT2D eigenvalue weighted by atomic mass is 10.1. The van der Waals surface area contributed by atoms with E-state index in [1.807, 2.05) is 53.1 Å². The van der Waals surface area contributed by atoms with Gasteiger partial charge in [-0.05, 0) is 42.3 Å². The molecule has 0 bridgehead atoms. The van der Waals surface area contributed by atoms with Crippen molar-refractivity contribution in [3.63, 3.8) is 0 Å². The van der Waals surface area contributed by atoms with Crippen molar-refractivity contribution in [2.75, 3.05) is 5.32 Å². The van der Waals surface area contributed by atoms with Crippen LogP contribution in [0.3, 0.4) is 0 Å². The van der Waals surface area contributed by atoms with E-state index in [0.29, 0.717) is 56.6 Å². The first-order valence-electron chi connectivity index (χ1n) is 10.5. The maximum atomic E-state index is 13.1. The van der Waals surface area contributed by atoms with Crippen molar-refractivity contribution in [2.45, 2.75) is 13.0 Å². The molecule has 6 nitrogen and oxygen atoms in total. The summed E-state index contributed by atoms with van der Waals surface area (Å²) < 4.78 is 1.81. The average molecular weight is 486 g/mol. The van der Waals surface area contributed by atoms with Gasteiger partial charge >= 0.3 is 0 Å². The molecule has 0 aliphatic rings. The van der Waals surface area contributed by atoms with Crippen LogP contribution in [0.15, 0.2) is 72.8 Å². The molecule has 34 heavy (non-hydrogen) atoms. The van der Waals surface area contributed by atoms with E-state index in [1.54, 1.807) is 24.3 Å². The summed E-state index contributed by atoms with van der Waals surface area (Å²) in [5.74, 6) is -0.0989. The Hall–Kier alpha value is -3.92. The molecule has 166 valence electrons. The summed E-state index contributed by atoms with van der Waals surface area (Å²) in [5, 5.41) is 13.9. The van der Waals surface area contributed by atoms with Gasteiger partial charge in [0.2, 0.25) is 0 Å². The summed E-state index contributed by atoms with van der Waals surface area (Å²) in [6, 6.07) is 24.0. The van der Waals surface area contributed by atoms with Crippen LogP contribution < -0.4 is 5.32 Å². The number of aromatic nitrogens is 3. The van der Waals surface area contributed by atoms with E-state index in [-0.39, 0.29) is 5.56 Å². The van der Waals surface area contributed by atoms with E-state index >= 15 is 0 Å². The van der Waals surface area contributed by atoms with Crippen LogP contribution >= 0.6 is 23.2 Å². The van der Waals surface area contributed by atoms with Gasteiger partial charge in [-0.3, -0.25) is 4.79 Å². The number of halogens is 2. The normalized spacial score (nSPS) is 11.0. The standard InChI is InChI=1S/C26H17Cl2N5O/c27-19-9-3-1-7-16(19)13-14-33-24(32-26(34)17-8-2-4-10-20(17)28)18(15-29)23-25(33)31-22-12-6-5-11-21(22)30-23/h1-12H,13-14H2,(H,32,34). The van der Waals surface area contributed by atoms with Crippen LogP contribution in [0.2, 0.25) is 10.0 Å². The molecule has 0 aliphatic heterocycles. The van der Waals surface area contributed by atoms with Crippen molar-refractivity contribution in [2.24, 2.45) is 0 Å². The van der Waals surface area contributed by atoms with Crippen LogP contribution in [0.4, 0.5) is 5.82 Å². The lowest BCUT2D eigenvalue weighted by molar-refractivity contribution is 0.102. The Bertz CT molecular complexity index is 1600. The quantitative estimate of drug-likeness (QED) is 0.318. The lowest BCUT2D eigenvalue weighted by Crippen LogP contribution is -2.17. The van der Waals surface area contributed by atoms with Gasteiger partial charge in [-0.15, -0.1) is 0 Å². The van der Waals surface area contributed by atoms with Gasteiger partial charge in [-0.1, -0.05) is 65.7 Å². The topological polar surface area (TPSA) is 83.6 Å². The number of carbonyl (C=O) groups is 1. The number of aryl methyl sites for hydroxylation is 2. The molecule has 0 unspecified atom stereocenters. The molecule has 0 radical (unpaired) electrons. The van der Waals surface area contributed by atoms with Gasteiger partial charge in [0.25, 0.3) is 5.91 Å². The van der Waals surface area contributed by atoms with Crippen molar-refractivity contribution < 1.29 is 4.79 Å². The van der Waals surface area contributed by atoms with Crippen LogP contribution in [-0.2, 0) is 13.0 Å². The van der Waals surface area contributed by atoms with Crippen LogP contribution in [0.5, 0.6) is 0 Å². The number of nitriles is 1. The Morgan fingerprint density at radius 2 is 1.56 bits per heavy atom. The minimum Gasteiger partial charge on any atom is -0.309 e. The molecule has 0 saturated carbocycles. The first-order chi connectivity index (χ1) is 16.6. The number of amides is 1. The number of nitrogens with zero attached hydrogens (tertiary/aromatic N) is 4. The predicted molar refractivity (Wildman–Crippen MR) is 134 cm³/mol. The highest BCUT2D eigenvalue weighted by atomic mass is 35.5. The summed E-state index contributed by atoms with van der Waals surface area (Å²) in [7, 11) is 0. The monoisotopic (exact) mass is 485 g/mol. The summed E-state index contributed by atoms with van der Waals surface area (Å²) in [4.78, 5) is 22.6. The van der Waals surface area contributed by atoms with E-state index in [4.69, 9.17) is 33.2 Å². The first-order valence-corrected chi connectivity index (χ1v) is 11.3. The Balaban J connectivity index is 1.66. The third kappa shape index (κ3) is 3.96. The molecule has 0 atom stereocenters. The molecule has 0 saturated heterocycles. The second-order valence-corrected chi connectivity index (χ2v) is 8.46. The van der Waals surface area contributed by atoms with Crippen molar-refractivity contribution >= 4 is 57.1 Å². The van der Waals surface area contributed by atoms with E-state index in [2.05, 4.69) is 11.4 Å². The number of fused-ring (bicyclic) bond motifs is 2. The minimum atomic E-state index is -0.423.